The normalized spacial score (nSPS) is 11.0. The van der Waals surface area contributed by atoms with Gasteiger partial charge in [0.25, 0.3) is 0 Å². The van der Waals surface area contributed by atoms with Crippen LogP contribution in [0.4, 0.5) is 5.69 Å². The van der Waals surface area contributed by atoms with E-state index in [1.165, 1.54) is 18.2 Å². The number of pyridine rings is 1. The average molecular weight is 228 g/mol. The van der Waals surface area contributed by atoms with Gasteiger partial charge < -0.3 is 5.32 Å². The van der Waals surface area contributed by atoms with Crippen LogP contribution in [0.25, 0.3) is 10.9 Å². The summed E-state index contributed by atoms with van der Waals surface area (Å²) in [5.74, 6) is 0.744. The van der Waals surface area contributed by atoms with Crippen LogP contribution < -0.4 is 5.32 Å². The van der Waals surface area contributed by atoms with E-state index < -0.39 is 0 Å². The molecule has 1 aromatic heterocycles. The van der Waals surface area contributed by atoms with E-state index in [4.69, 9.17) is 0 Å². The molecule has 0 spiro atoms. The molecule has 0 radical (unpaired) electrons. The van der Waals surface area contributed by atoms with Crippen LogP contribution in [0.5, 0.6) is 0 Å². The highest BCUT2D eigenvalue weighted by atomic mass is 14.9. The van der Waals surface area contributed by atoms with Crippen molar-refractivity contribution in [1.82, 2.24) is 4.98 Å². The Labute approximate surface area is 103 Å². The monoisotopic (exact) mass is 228 g/mol. The summed E-state index contributed by atoms with van der Waals surface area (Å²) in [4.78, 5) is 4.45. The zero-order chi connectivity index (χ0) is 12.1. The van der Waals surface area contributed by atoms with E-state index in [0.717, 1.165) is 23.7 Å². The Morgan fingerprint density at radius 3 is 2.65 bits per heavy atom. The van der Waals surface area contributed by atoms with Crippen LogP contribution in [0.1, 0.15) is 26.7 Å². The van der Waals surface area contributed by atoms with Gasteiger partial charge in [-0.15, -0.1) is 0 Å². The van der Waals surface area contributed by atoms with Crippen molar-refractivity contribution in [2.75, 3.05) is 11.9 Å². The molecule has 0 fully saturated rings. The van der Waals surface area contributed by atoms with E-state index in [9.17, 15) is 0 Å². The van der Waals surface area contributed by atoms with Gasteiger partial charge in [-0.3, -0.25) is 4.98 Å². The van der Waals surface area contributed by atoms with Crippen LogP contribution in [-0.2, 0) is 0 Å². The third kappa shape index (κ3) is 2.76. The zero-order valence-corrected chi connectivity index (χ0v) is 10.6. The summed E-state index contributed by atoms with van der Waals surface area (Å²) in [5.41, 5.74) is 2.22. The number of fused-ring (bicyclic) bond motifs is 1. The summed E-state index contributed by atoms with van der Waals surface area (Å²) in [5, 5.41) is 4.72. The molecule has 0 aliphatic rings. The van der Waals surface area contributed by atoms with Crippen LogP contribution >= 0.6 is 0 Å². The van der Waals surface area contributed by atoms with Gasteiger partial charge in [0.2, 0.25) is 0 Å². The minimum atomic E-state index is 0.744. The molecule has 0 aliphatic heterocycles. The molecule has 0 amide bonds. The lowest BCUT2D eigenvalue weighted by Gasteiger charge is -2.15. The number of anilines is 1. The number of hydrogen-bond acceptors (Lipinski definition) is 2. The largest absolute Gasteiger partial charge is 0.383 e. The zero-order valence-electron chi connectivity index (χ0n) is 10.6. The molecule has 0 atom stereocenters. The van der Waals surface area contributed by atoms with Crippen molar-refractivity contribution in [2.45, 2.75) is 26.7 Å². The standard InChI is InChI=1S/C15H20N2/c1-3-12(4-2)11-17-14-9-5-7-13-8-6-10-16-15(13)14/h5-10,12,17H,3-4,11H2,1-2H3. The first-order valence-electron chi connectivity index (χ1n) is 6.42. The molecule has 0 unspecified atom stereocenters. The molecule has 0 saturated heterocycles. The predicted molar refractivity (Wildman–Crippen MR) is 74.3 cm³/mol. The van der Waals surface area contributed by atoms with Gasteiger partial charge in [-0.05, 0) is 18.1 Å². The molecule has 1 aromatic carbocycles. The molecule has 90 valence electrons. The second-order valence-corrected chi connectivity index (χ2v) is 4.44. The van der Waals surface area contributed by atoms with Crippen LogP contribution in [-0.4, -0.2) is 11.5 Å². The van der Waals surface area contributed by atoms with Crippen molar-refractivity contribution < 1.29 is 0 Å². The van der Waals surface area contributed by atoms with Gasteiger partial charge in [0.1, 0.15) is 0 Å². The third-order valence-corrected chi connectivity index (χ3v) is 3.37. The number of rotatable bonds is 5. The molecule has 2 nitrogen and oxygen atoms in total. The molecule has 2 heteroatoms. The molecule has 17 heavy (non-hydrogen) atoms. The highest BCUT2D eigenvalue weighted by molar-refractivity contribution is 5.90. The summed E-state index contributed by atoms with van der Waals surface area (Å²) in [6.07, 6.45) is 4.30. The summed E-state index contributed by atoms with van der Waals surface area (Å²) in [7, 11) is 0. The Morgan fingerprint density at radius 1 is 1.12 bits per heavy atom. The van der Waals surface area contributed by atoms with E-state index in [2.05, 4.69) is 48.4 Å². The topological polar surface area (TPSA) is 24.9 Å². The molecule has 1 N–H and O–H groups in total. The lowest BCUT2D eigenvalue weighted by atomic mass is 10.0. The van der Waals surface area contributed by atoms with Gasteiger partial charge in [-0.1, -0.05) is 44.9 Å². The lowest BCUT2D eigenvalue weighted by Crippen LogP contribution is -2.12. The van der Waals surface area contributed by atoms with E-state index in [1.807, 2.05) is 12.3 Å². The van der Waals surface area contributed by atoms with Crippen molar-refractivity contribution >= 4 is 16.6 Å². The molecular weight excluding hydrogens is 208 g/mol. The second-order valence-electron chi connectivity index (χ2n) is 4.44. The second kappa shape index (κ2) is 5.67. The highest BCUT2D eigenvalue weighted by Gasteiger charge is 2.05. The van der Waals surface area contributed by atoms with Crippen LogP contribution in [0.15, 0.2) is 36.5 Å². The number of nitrogens with one attached hydrogen (secondary N) is 1. The quantitative estimate of drug-likeness (QED) is 0.834. The van der Waals surface area contributed by atoms with E-state index in [-0.39, 0.29) is 0 Å². The molecule has 0 bridgehead atoms. The number of nitrogens with zero attached hydrogens (tertiary/aromatic N) is 1. The molecule has 0 saturated carbocycles. The highest BCUT2D eigenvalue weighted by Crippen LogP contribution is 2.21. The Morgan fingerprint density at radius 2 is 1.88 bits per heavy atom. The summed E-state index contributed by atoms with van der Waals surface area (Å²) in [6, 6.07) is 10.4. The van der Waals surface area contributed by atoms with Gasteiger partial charge in [0, 0.05) is 18.1 Å². The fraction of sp³-hybridized carbons (Fsp3) is 0.400. The molecule has 2 rings (SSSR count). The molecule has 2 aromatic rings. The van der Waals surface area contributed by atoms with Gasteiger partial charge in [0.15, 0.2) is 0 Å². The fourth-order valence-electron chi connectivity index (χ4n) is 2.08. The first kappa shape index (κ1) is 11.9. The Kier molecular flexibility index (Phi) is 3.97. The van der Waals surface area contributed by atoms with Crippen LogP contribution in [0, 0.1) is 5.92 Å². The average Bonchev–Trinajstić information content (AvgIpc) is 2.40. The minimum Gasteiger partial charge on any atom is -0.383 e. The van der Waals surface area contributed by atoms with Crippen LogP contribution in [0.2, 0.25) is 0 Å². The van der Waals surface area contributed by atoms with E-state index in [0.29, 0.717) is 0 Å². The SMILES string of the molecule is CCC(CC)CNc1cccc2cccnc12. The Bertz CT molecular complexity index is 470. The van der Waals surface area contributed by atoms with Crippen LogP contribution in [0.3, 0.4) is 0 Å². The first-order chi connectivity index (χ1) is 8.35. The molecule has 1 heterocycles. The number of aromatic nitrogens is 1. The van der Waals surface area contributed by atoms with Crippen molar-refractivity contribution in [1.29, 1.82) is 0 Å². The summed E-state index contributed by atoms with van der Waals surface area (Å²) >= 11 is 0. The summed E-state index contributed by atoms with van der Waals surface area (Å²) in [6.45, 7) is 5.52. The van der Waals surface area contributed by atoms with Crippen molar-refractivity contribution in [2.24, 2.45) is 5.92 Å². The smallest absolute Gasteiger partial charge is 0.0933 e. The maximum Gasteiger partial charge on any atom is 0.0933 e. The Balaban J connectivity index is 2.18. The van der Waals surface area contributed by atoms with Gasteiger partial charge in [-0.25, -0.2) is 0 Å². The van der Waals surface area contributed by atoms with Crippen molar-refractivity contribution in [3.05, 3.63) is 36.5 Å². The minimum absolute atomic E-state index is 0.744. The molecule has 0 aliphatic carbocycles. The maximum atomic E-state index is 4.45. The third-order valence-electron chi connectivity index (χ3n) is 3.37. The van der Waals surface area contributed by atoms with Crippen molar-refractivity contribution in [3.8, 4) is 0 Å². The Hall–Kier alpha value is -1.57. The van der Waals surface area contributed by atoms with Gasteiger partial charge in [-0.2, -0.15) is 0 Å². The number of benzene rings is 1. The predicted octanol–water partition coefficient (Wildman–Crippen LogP) is 4.08. The fourth-order valence-corrected chi connectivity index (χ4v) is 2.08. The first-order valence-corrected chi connectivity index (χ1v) is 6.42. The van der Waals surface area contributed by atoms with E-state index >= 15 is 0 Å². The maximum absolute atomic E-state index is 4.45. The van der Waals surface area contributed by atoms with E-state index in [1.54, 1.807) is 0 Å². The van der Waals surface area contributed by atoms with Gasteiger partial charge >= 0.3 is 0 Å². The van der Waals surface area contributed by atoms with Gasteiger partial charge in [0.05, 0.1) is 11.2 Å². The molecular formula is C15H20N2. The lowest BCUT2D eigenvalue weighted by molar-refractivity contribution is 0.519. The number of hydrogen-bond donors (Lipinski definition) is 1. The summed E-state index contributed by atoms with van der Waals surface area (Å²) < 4.78 is 0. The number of para-hydroxylation sites is 1. The van der Waals surface area contributed by atoms with Crippen molar-refractivity contribution in [3.63, 3.8) is 0 Å².